The molecule has 0 bridgehead atoms. The molecule has 3 heterocycles. The Morgan fingerprint density at radius 1 is 1.30 bits per heavy atom. The van der Waals surface area contributed by atoms with Gasteiger partial charge in [0.15, 0.2) is 0 Å². The van der Waals surface area contributed by atoms with Crippen LogP contribution in [0, 0.1) is 0 Å². The average Bonchev–Trinajstić information content (AvgIpc) is 3.11. The molecule has 3 aromatic rings. The van der Waals surface area contributed by atoms with Crippen molar-refractivity contribution < 1.29 is 9.47 Å². The highest BCUT2D eigenvalue weighted by Crippen LogP contribution is 2.38. The number of rotatable bonds is 4. The Balaban J connectivity index is 1.41. The number of nitrogens with zero attached hydrogens (tertiary/aromatic N) is 2. The van der Waals surface area contributed by atoms with Crippen LogP contribution < -0.4 is 10.1 Å². The van der Waals surface area contributed by atoms with Crippen molar-refractivity contribution in [3.63, 3.8) is 0 Å². The van der Waals surface area contributed by atoms with Gasteiger partial charge in [-0.3, -0.25) is 4.98 Å². The van der Waals surface area contributed by atoms with Crippen molar-refractivity contribution in [2.45, 2.75) is 31.0 Å². The number of hydrogen-bond donors (Lipinski definition) is 1. The predicted molar refractivity (Wildman–Crippen MR) is 106 cm³/mol. The van der Waals surface area contributed by atoms with Gasteiger partial charge in [-0.05, 0) is 60.7 Å². The van der Waals surface area contributed by atoms with E-state index in [1.807, 2.05) is 19.3 Å². The minimum Gasteiger partial charge on any atom is -0.490 e. The van der Waals surface area contributed by atoms with Gasteiger partial charge in [0.2, 0.25) is 0 Å². The predicted octanol–water partition coefficient (Wildman–Crippen LogP) is 3.53. The molecule has 140 valence electrons. The summed E-state index contributed by atoms with van der Waals surface area (Å²) in [4.78, 5) is 4.54. The average molecular weight is 363 g/mol. The highest BCUT2D eigenvalue weighted by Gasteiger charge is 2.42. The largest absolute Gasteiger partial charge is 0.490 e. The molecule has 1 saturated carbocycles. The van der Waals surface area contributed by atoms with Gasteiger partial charge in [-0.1, -0.05) is 0 Å². The van der Waals surface area contributed by atoms with Gasteiger partial charge in [-0.25, -0.2) is 0 Å². The highest BCUT2D eigenvalue weighted by atomic mass is 16.6. The number of fused-ring (bicyclic) bond motifs is 1. The maximum absolute atomic E-state index is 6.36. The Kier molecular flexibility index (Phi) is 4.14. The van der Waals surface area contributed by atoms with E-state index in [-0.39, 0.29) is 11.7 Å². The van der Waals surface area contributed by atoms with Crippen molar-refractivity contribution in [2.75, 3.05) is 19.7 Å². The molecule has 1 aromatic carbocycles. The zero-order valence-corrected chi connectivity index (χ0v) is 15.6. The van der Waals surface area contributed by atoms with E-state index in [9.17, 15) is 0 Å². The van der Waals surface area contributed by atoms with E-state index < -0.39 is 0 Å². The molecule has 5 rings (SSSR count). The van der Waals surface area contributed by atoms with Crippen LogP contribution >= 0.6 is 0 Å². The van der Waals surface area contributed by atoms with Crippen LogP contribution in [0.1, 0.15) is 19.3 Å². The molecule has 5 heteroatoms. The minimum absolute atomic E-state index is 0.0573. The van der Waals surface area contributed by atoms with Crippen LogP contribution in [0.2, 0.25) is 0 Å². The Morgan fingerprint density at radius 3 is 3.00 bits per heavy atom. The van der Waals surface area contributed by atoms with Gasteiger partial charge in [0, 0.05) is 44.1 Å². The number of aryl methyl sites for hydroxylation is 1. The zero-order chi connectivity index (χ0) is 18.3. The molecule has 0 amide bonds. The third-order valence-corrected chi connectivity index (χ3v) is 5.77. The summed E-state index contributed by atoms with van der Waals surface area (Å²) >= 11 is 0. The maximum Gasteiger partial charge on any atom is 0.129 e. The van der Waals surface area contributed by atoms with E-state index in [4.69, 9.17) is 9.47 Å². The van der Waals surface area contributed by atoms with E-state index in [1.165, 1.54) is 12.0 Å². The number of ether oxygens (including phenoxy) is 2. The van der Waals surface area contributed by atoms with E-state index in [0.29, 0.717) is 6.61 Å². The summed E-state index contributed by atoms with van der Waals surface area (Å²) in [6.07, 6.45) is 9.67. The molecule has 5 nitrogen and oxygen atoms in total. The van der Waals surface area contributed by atoms with Crippen molar-refractivity contribution in [2.24, 2.45) is 7.05 Å². The van der Waals surface area contributed by atoms with Crippen molar-refractivity contribution in [3.8, 4) is 16.9 Å². The van der Waals surface area contributed by atoms with Crippen LogP contribution in [0.15, 0.2) is 48.9 Å². The molecule has 1 N–H and O–H groups in total. The summed E-state index contributed by atoms with van der Waals surface area (Å²) in [6, 6.07) is 10.4. The molecule has 1 aliphatic carbocycles. The first-order chi connectivity index (χ1) is 13.2. The topological polar surface area (TPSA) is 48.3 Å². The SMILES string of the molecule is Cn1ccc(-c2cc(OC[C@@H]3CNCC4(CCC4)O3)c3cccnc3c2)c1. The van der Waals surface area contributed by atoms with E-state index in [2.05, 4.69) is 51.5 Å². The zero-order valence-electron chi connectivity index (χ0n) is 15.6. The Morgan fingerprint density at radius 2 is 2.22 bits per heavy atom. The summed E-state index contributed by atoms with van der Waals surface area (Å²) in [6.45, 7) is 2.37. The van der Waals surface area contributed by atoms with Gasteiger partial charge in [-0.2, -0.15) is 0 Å². The molecule has 2 aliphatic rings. The number of benzene rings is 1. The van der Waals surface area contributed by atoms with E-state index in [1.54, 1.807) is 0 Å². The van der Waals surface area contributed by atoms with Crippen molar-refractivity contribution in [1.29, 1.82) is 0 Å². The fourth-order valence-corrected chi connectivity index (χ4v) is 4.15. The molecule has 1 spiro atoms. The van der Waals surface area contributed by atoms with Crippen LogP contribution in [0.4, 0.5) is 0 Å². The number of morpholine rings is 1. The molecule has 27 heavy (non-hydrogen) atoms. The van der Waals surface area contributed by atoms with Gasteiger partial charge in [0.05, 0.1) is 11.1 Å². The number of pyridine rings is 1. The van der Waals surface area contributed by atoms with Crippen LogP contribution in [0.3, 0.4) is 0 Å². The lowest BCUT2D eigenvalue weighted by molar-refractivity contribution is -0.164. The quantitative estimate of drug-likeness (QED) is 0.770. The Hall–Kier alpha value is -2.37. The molecule has 1 aliphatic heterocycles. The smallest absolute Gasteiger partial charge is 0.129 e. The second-order valence-corrected chi connectivity index (χ2v) is 7.83. The second-order valence-electron chi connectivity index (χ2n) is 7.83. The number of hydrogen-bond acceptors (Lipinski definition) is 4. The number of aromatic nitrogens is 2. The minimum atomic E-state index is 0.0573. The summed E-state index contributed by atoms with van der Waals surface area (Å²) in [5.41, 5.74) is 3.29. The molecule has 1 saturated heterocycles. The summed E-state index contributed by atoms with van der Waals surface area (Å²) in [5.74, 6) is 0.872. The first-order valence-electron chi connectivity index (χ1n) is 9.73. The number of nitrogens with one attached hydrogen (secondary N) is 1. The van der Waals surface area contributed by atoms with Crippen LogP contribution in [-0.2, 0) is 11.8 Å². The summed E-state index contributed by atoms with van der Waals surface area (Å²) < 4.78 is 14.7. The fourth-order valence-electron chi connectivity index (χ4n) is 4.15. The molecule has 2 fully saturated rings. The van der Waals surface area contributed by atoms with Gasteiger partial charge < -0.3 is 19.4 Å². The third kappa shape index (κ3) is 3.22. The van der Waals surface area contributed by atoms with Crippen molar-refractivity contribution in [1.82, 2.24) is 14.9 Å². The first-order valence-corrected chi connectivity index (χ1v) is 9.73. The monoisotopic (exact) mass is 363 g/mol. The molecule has 0 unspecified atom stereocenters. The van der Waals surface area contributed by atoms with Gasteiger partial charge in [0.1, 0.15) is 18.5 Å². The van der Waals surface area contributed by atoms with Crippen LogP contribution in [-0.4, -0.2) is 41.0 Å². The lowest BCUT2D eigenvalue weighted by Gasteiger charge is -2.47. The molecule has 2 aromatic heterocycles. The maximum atomic E-state index is 6.36. The van der Waals surface area contributed by atoms with Crippen molar-refractivity contribution in [3.05, 3.63) is 48.9 Å². The first kappa shape index (κ1) is 16.8. The lowest BCUT2D eigenvalue weighted by atomic mass is 9.79. The highest BCUT2D eigenvalue weighted by molar-refractivity contribution is 5.89. The molecule has 0 radical (unpaired) electrons. The molecular weight excluding hydrogens is 338 g/mol. The fraction of sp³-hybridized carbons (Fsp3) is 0.409. The normalized spacial score (nSPS) is 21.3. The van der Waals surface area contributed by atoms with Crippen LogP contribution in [0.25, 0.3) is 22.0 Å². The van der Waals surface area contributed by atoms with Gasteiger partial charge in [-0.15, -0.1) is 0 Å². The van der Waals surface area contributed by atoms with Gasteiger partial charge >= 0.3 is 0 Å². The Labute approximate surface area is 159 Å². The van der Waals surface area contributed by atoms with E-state index in [0.717, 1.165) is 48.1 Å². The van der Waals surface area contributed by atoms with Crippen LogP contribution in [0.5, 0.6) is 5.75 Å². The summed E-state index contributed by atoms with van der Waals surface area (Å²) in [5, 5.41) is 4.56. The second kappa shape index (κ2) is 6.66. The molecular formula is C22H25N3O2. The molecule has 1 atom stereocenters. The summed E-state index contributed by atoms with van der Waals surface area (Å²) in [7, 11) is 2.03. The van der Waals surface area contributed by atoms with Crippen molar-refractivity contribution >= 4 is 10.9 Å². The van der Waals surface area contributed by atoms with Gasteiger partial charge in [0.25, 0.3) is 0 Å². The van der Waals surface area contributed by atoms with E-state index >= 15 is 0 Å². The standard InChI is InChI=1S/C22H25N3O2/c1-25-9-5-16(13-25)17-10-20-19(4-2-8-24-20)21(11-17)26-14-18-12-23-15-22(27-18)6-3-7-22/h2,4-5,8-11,13,18,23H,3,6-7,12,14-15H2,1H3/t18-/m0/s1. The Bertz CT molecular complexity index is 961. The third-order valence-electron chi connectivity index (χ3n) is 5.77. The lowest BCUT2D eigenvalue weighted by Crippen LogP contribution is -2.58.